The fraction of sp³-hybridized carbons (Fsp3) is 0.615. The van der Waals surface area contributed by atoms with Crippen LogP contribution in [0.25, 0.3) is 0 Å². The van der Waals surface area contributed by atoms with Crippen LogP contribution < -0.4 is 5.32 Å². The van der Waals surface area contributed by atoms with Crippen molar-refractivity contribution in [3.05, 3.63) is 24.0 Å². The summed E-state index contributed by atoms with van der Waals surface area (Å²) in [5.41, 5.74) is 0.270. The maximum atomic E-state index is 14.5. The highest BCUT2D eigenvalue weighted by atomic mass is 19.1. The number of carboxylic acids is 1. The SMILES string of the molecule is O=C(O)/C=C/CNC(c1c[nH]nn1)C1OC(CO)C(O)C(O)C1F. The molecule has 1 fully saturated rings. The third-order valence-electron chi connectivity index (χ3n) is 3.68. The first kappa shape index (κ1) is 18.4. The molecule has 1 aliphatic heterocycles. The number of nitrogens with zero attached hydrogens (tertiary/aromatic N) is 2. The number of aromatic amines is 1. The number of carboxylic acid groups (broad SMARTS) is 1. The highest BCUT2D eigenvalue weighted by Gasteiger charge is 2.48. The van der Waals surface area contributed by atoms with Gasteiger partial charge in [0.2, 0.25) is 0 Å². The number of carbonyl (C=O) groups is 1. The van der Waals surface area contributed by atoms with Gasteiger partial charge >= 0.3 is 5.97 Å². The largest absolute Gasteiger partial charge is 0.478 e. The number of ether oxygens (including phenoxy) is 1. The summed E-state index contributed by atoms with van der Waals surface area (Å²) < 4.78 is 19.8. The van der Waals surface area contributed by atoms with Gasteiger partial charge in [-0.05, 0) is 0 Å². The number of halogens is 1. The number of aliphatic hydroxyl groups excluding tert-OH is 3. The molecular weight excluding hydrogens is 327 g/mol. The van der Waals surface area contributed by atoms with Crippen molar-refractivity contribution in [1.29, 1.82) is 0 Å². The van der Waals surface area contributed by atoms with Gasteiger partial charge in [-0.15, -0.1) is 5.10 Å². The van der Waals surface area contributed by atoms with Crippen LogP contribution in [0.1, 0.15) is 11.7 Å². The molecule has 6 atom stereocenters. The molecule has 1 aromatic rings. The number of nitrogens with one attached hydrogen (secondary N) is 2. The fourth-order valence-corrected chi connectivity index (χ4v) is 2.48. The summed E-state index contributed by atoms with van der Waals surface area (Å²) in [6.45, 7) is -0.551. The van der Waals surface area contributed by atoms with E-state index in [4.69, 9.17) is 9.84 Å². The van der Waals surface area contributed by atoms with Gasteiger partial charge in [-0.25, -0.2) is 9.18 Å². The van der Waals surface area contributed by atoms with Crippen molar-refractivity contribution in [2.24, 2.45) is 0 Å². The van der Waals surface area contributed by atoms with Gasteiger partial charge in [-0.1, -0.05) is 11.3 Å². The minimum atomic E-state index is -1.96. The number of aromatic nitrogens is 3. The summed E-state index contributed by atoms with van der Waals surface area (Å²) in [7, 11) is 0. The van der Waals surface area contributed by atoms with Crippen LogP contribution in [0.15, 0.2) is 18.3 Å². The van der Waals surface area contributed by atoms with Gasteiger partial charge in [0.1, 0.15) is 30.1 Å². The second-order valence-electron chi connectivity index (χ2n) is 5.27. The summed E-state index contributed by atoms with van der Waals surface area (Å²) in [5.74, 6) is -1.13. The molecule has 0 saturated carbocycles. The Morgan fingerprint density at radius 2 is 2.25 bits per heavy atom. The van der Waals surface area contributed by atoms with E-state index < -0.39 is 49.2 Å². The van der Waals surface area contributed by atoms with E-state index in [1.165, 1.54) is 12.3 Å². The van der Waals surface area contributed by atoms with Gasteiger partial charge in [-0.2, -0.15) is 0 Å². The lowest BCUT2D eigenvalue weighted by Crippen LogP contribution is -2.59. The van der Waals surface area contributed by atoms with Crippen LogP contribution in [0.2, 0.25) is 0 Å². The molecule has 24 heavy (non-hydrogen) atoms. The Balaban J connectivity index is 2.17. The molecule has 0 radical (unpaired) electrons. The minimum Gasteiger partial charge on any atom is -0.478 e. The van der Waals surface area contributed by atoms with Crippen LogP contribution in [0, 0.1) is 0 Å². The van der Waals surface area contributed by atoms with E-state index in [2.05, 4.69) is 20.7 Å². The number of hydrogen-bond acceptors (Lipinski definition) is 8. The molecule has 1 aliphatic rings. The average Bonchev–Trinajstić information content (AvgIpc) is 3.08. The van der Waals surface area contributed by atoms with Crippen LogP contribution >= 0.6 is 0 Å². The van der Waals surface area contributed by atoms with Crippen LogP contribution in [-0.4, -0.2) is 85.5 Å². The van der Waals surface area contributed by atoms with E-state index in [1.54, 1.807) is 0 Å². The lowest BCUT2D eigenvalue weighted by molar-refractivity contribution is -0.219. The summed E-state index contributed by atoms with van der Waals surface area (Å²) >= 11 is 0. The van der Waals surface area contributed by atoms with E-state index in [-0.39, 0.29) is 12.2 Å². The van der Waals surface area contributed by atoms with Crippen molar-refractivity contribution in [2.75, 3.05) is 13.2 Å². The number of aliphatic hydroxyl groups is 3. The lowest BCUT2D eigenvalue weighted by atomic mass is 9.91. The minimum absolute atomic E-state index is 0.0544. The van der Waals surface area contributed by atoms with Crippen molar-refractivity contribution in [3.8, 4) is 0 Å². The van der Waals surface area contributed by atoms with Crippen LogP contribution in [0.5, 0.6) is 0 Å². The molecule has 0 spiro atoms. The molecule has 0 aromatic carbocycles. The summed E-state index contributed by atoms with van der Waals surface area (Å²) in [5, 5.41) is 49.9. The van der Waals surface area contributed by atoms with Crippen molar-refractivity contribution in [2.45, 2.75) is 36.6 Å². The van der Waals surface area contributed by atoms with E-state index >= 15 is 0 Å². The zero-order valence-electron chi connectivity index (χ0n) is 12.5. The smallest absolute Gasteiger partial charge is 0.328 e. The van der Waals surface area contributed by atoms with E-state index in [0.717, 1.165) is 6.08 Å². The van der Waals surface area contributed by atoms with Gasteiger partial charge < -0.3 is 30.5 Å². The van der Waals surface area contributed by atoms with E-state index in [9.17, 15) is 24.5 Å². The van der Waals surface area contributed by atoms with Gasteiger partial charge in [0, 0.05) is 18.8 Å². The second-order valence-corrected chi connectivity index (χ2v) is 5.27. The third-order valence-corrected chi connectivity index (χ3v) is 3.68. The Bertz CT molecular complexity index is 555. The van der Waals surface area contributed by atoms with Crippen molar-refractivity contribution in [1.82, 2.24) is 20.7 Å². The summed E-state index contributed by atoms with van der Waals surface area (Å²) in [6, 6.07) is -0.895. The zero-order chi connectivity index (χ0) is 17.7. The number of aliphatic carboxylic acids is 1. The Morgan fingerprint density at radius 3 is 2.83 bits per heavy atom. The van der Waals surface area contributed by atoms with Crippen molar-refractivity contribution < 1.29 is 34.3 Å². The predicted molar refractivity (Wildman–Crippen MR) is 76.6 cm³/mol. The second kappa shape index (κ2) is 8.26. The first-order valence-corrected chi connectivity index (χ1v) is 7.21. The molecule has 6 N–H and O–H groups in total. The van der Waals surface area contributed by atoms with Crippen LogP contribution in [-0.2, 0) is 9.53 Å². The van der Waals surface area contributed by atoms with E-state index in [0.29, 0.717) is 0 Å². The van der Waals surface area contributed by atoms with Gasteiger partial charge in [0.05, 0.1) is 12.6 Å². The van der Waals surface area contributed by atoms with Gasteiger partial charge in [0.15, 0.2) is 6.17 Å². The summed E-state index contributed by atoms with van der Waals surface area (Å²) in [4.78, 5) is 10.5. The first-order valence-electron chi connectivity index (χ1n) is 7.21. The Kier molecular flexibility index (Phi) is 6.34. The van der Waals surface area contributed by atoms with Crippen LogP contribution in [0.4, 0.5) is 4.39 Å². The molecule has 2 rings (SSSR count). The molecule has 1 saturated heterocycles. The topological polar surface area (TPSA) is 161 Å². The molecular formula is C13H19FN4O6. The molecule has 6 unspecified atom stereocenters. The first-order chi connectivity index (χ1) is 11.5. The van der Waals surface area contributed by atoms with Crippen molar-refractivity contribution in [3.63, 3.8) is 0 Å². The monoisotopic (exact) mass is 346 g/mol. The highest BCUT2D eigenvalue weighted by Crippen LogP contribution is 2.31. The maximum Gasteiger partial charge on any atom is 0.328 e. The number of hydrogen-bond donors (Lipinski definition) is 6. The standard InChI is InChI=1S/C13H19FN4O6/c14-9-12(23)11(22)7(5-19)24-13(9)10(6-4-16-18-17-6)15-3-1-2-8(20)21/h1-2,4,7,9-13,15,19,22-23H,3,5H2,(H,20,21)(H,16,17,18)/b2-1+. The molecule has 10 nitrogen and oxygen atoms in total. The van der Waals surface area contributed by atoms with Crippen molar-refractivity contribution >= 4 is 5.97 Å². The van der Waals surface area contributed by atoms with E-state index in [1.807, 2.05) is 0 Å². The molecule has 0 amide bonds. The average molecular weight is 346 g/mol. The van der Waals surface area contributed by atoms with Gasteiger partial charge in [-0.3, -0.25) is 5.10 Å². The Labute approximate surface area is 136 Å². The molecule has 0 aliphatic carbocycles. The Morgan fingerprint density at radius 1 is 1.50 bits per heavy atom. The lowest BCUT2D eigenvalue weighted by Gasteiger charge is -2.41. The third kappa shape index (κ3) is 4.13. The van der Waals surface area contributed by atoms with Crippen LogP contribution in [0.3, 0.4) is 0 Å². The molecule has 134 valence electrons. The number of rotatable bonds is 7. The molecule has 0 bridgehead atoms. The van der Waals surface area contributed by atoms with Gasteiger partial charge in [0.25, 0.3) is 0 Å². The maximum absolute atomic E-state index is 14.5. The Hall–Kier alpha value is -1.92. The quantitative estimate of drug-likeness (QED) is 0.304. The zero-order valence-corrected chi connectivity index (χ0v) is 12.5. The molecule has 11 heteroatoms. The molecule has 2 heterocycles. The predicted octanol–water partition coefficient (Wildman–Crippen LogP) is -2.10. The summed E-state index contributed by atoms with van der Waals surface area (Å²) in [6.07, 6.45) is -4.10. The number of H-pyrrole nitrogens is 1. The fourth-order valence-electron chi connectivity index (χ4n) is 2.48. The number of alkyl halides is 1. The molecule has 1 aromatic heterocycles. The highest BCUT2D eigenvalue weighted by molar-refractivity contribution is 5.79. The normalized spacial score (nSPS) is 32.1.